The van der Waals surface area contributed by atoms with Gasteiger partial charge in [0, 0.05) is 36.7 Å². The molecule has 4 aromatic rings. The highest BCUT2D eigenvalue weighted by Gasteiger charge is 2.48. The number of alkyl halides is 3. The van der Waals surface area contributed by atoms with Gasteiger partial charge in [-0.25, -0.2) is 15.0 Å². The van der Waals surface area contributed by atoms with E-state index in [-0.39, 0.29) is 23.2 Å². The van der Waals surface area contributed by atoms with Gasteiger partial charge in [-0.3, -0.25) is 0 Å². The Hall–Kier alpha value is -3.42. The van der Waals surface area contributed by atoms with Crippen molar-refractivity contribution in [3.05, 3.63) is 42.6 Å². The van der Waals surface area contributed by atoms with E-state index in [1.165, 1.54) is 18.5 Å². The lowest BCUT2D eigenvalue weighted by Gasteiger charge is -2.52. The maximum absolute atomic E-state index is 12.6. The molecular weight excluding hydrogens is 551 g/mol. The average Bonchev–Trinajstić information content (AvgIpc) is 3.58. The number of aryl methyl sites for hydroxylation is 1. The number of imidazole rings is 1. The summed E-state index contributed by atoms with van der Waals surface area (Å²) in [6.45, 7) is 4.98. The molecule has 6 rings (SSSR count). The molecule has 3 aromatic heterocycles. The van der Waals surface area contributed by atoms with Gasteiger partial charge in [0.1, 0.15) is 35.5 Å². The average molecular weight is 588 g/mol. The molecule has 6 N–H and O–H groups in total. The Morgan fingerprint density at radius 1 is 1.19 bits per heavy atom. The van der Waals surface area contributed by atoms with E-state index >= 15 is 0 Å². The Labute approximate surface area is 240 Å². The number of fused-ring (bicyclic) bond motifs is 2. The van der Waals surface area contributed by atoms with Crippen LogP contribution in [0.25, 0.3) is 22.1 Å². The van der Waals surface area contributed by atoms with Crippen molar-refractivity contribution in [2.24, 2.45) is 17.8 Å². The van der Waals surface area contributed by atoms with Crippen LogP contribution >= 0.6 is 0 Å². The van der Waals surface area contributed by atoms with Crippen LogP contribution in [0.2, 0.25) is 0 Å². The van der Waals surface area contributed by atoms with Crippen LogP contribution in [-0.4, -0.2) is 65.4 Å². The third-order valence-electron chi connectivity index (χ3n) is 9.32. The van der Waals surface area contributed by atoms with E-state index < -0.39 is 18.6 Å². The van der Waals surface area contributed by atoms with Crippen LogP contribution in [0.5, 0.6) is 5.75 Å². The van der Waals surface area contributed by atoms with Gasteiger partial charge in [0.15, 0.2) is 0 Å². The number of rotatable bonds is 9. The van der Waals surface area contributed by atoms with E-state index in [9.17, 15) is 23.4 Å². The molecule has 13 heteroatoms. The first-order valence-corrected chi connectivity index (χ1v) is 14.3. The molecule has 2 fully saturated rings. The number of aromatic nitrogens is 5. The number of aliphatic hydroxyl groups excluding tert-OH is 2. The van der Waals surface area contributed by atoms with Gasteiger partial charge in [0.25, 0.3) is 0 Å². The summed E-state index contributed by atoms with van der Waals surface area (Å²) < 4.78 is 43.5. The SMILES string of the molecule is CC(C)[C@]1(NC[C@H]2C[C@@H](n3ccc4c(N)ncnc43)[C@H](O)[C@@H]2O)C[C@H](CCc2nc3cc(OC(F)(F)F)ccc3[nH]2)C1. The van der Waals surface area contributed by atoms with Gasteiger partial charge in [-0.15, -0.1) is 13.2 Å². The van der Waals surface area contributed by atoms with Crippen molar-refractivity contribution in [2.75, 3.05) is 12.3 Å². The Bertz CT molecular complexity index is 1560. The fourth-order valence-electron chi connectivity index (χ4n) is 6.86. The molecular formula is C29H36F3N7O3. The van der Waals surface area contributed by atoms with Gasteiger partial charge in [-0.2, -0.15) is 0 Å². The van der Waals surface area contributed by atoms with Crippen molar-refractivity contribution in [1.82, 2.24) is 29.8 Å². The predicted molar refractivity (Wildman–Crippen MR) is 150 cm³/mol. The van der Waals surface area contributed by atoms with Gasteiger partial charge in [-0.1, -0.05) is 13.8 Å². The second kappa shape index (κ2) is 10.7. The highest BCUT2D eigenvalue weighted by Crippen LogP contribution is 2.46. The topological polar surface area (TPSA) is 147 Å². The Kier molecular flexibility index (Phi) is 7.30. The van der Waals surface area contributed by atoms with Crippen LogP contribution in [0.3, 0.4) is 0 Å². The summed E-state index contributed by atoms with van der Waals surface area (Å²) in [7, 11) is 0. The van der Waals surface area contributed by atoms with Crippen LogP contribution in [0.4, 0.5) is 19.0 Å². The number of aromatic amines is 1. The number of anilines is 1. The fourth-order valence-corrected chi connectivity index (χ4v) is 6.86. The Balaban J connectivity index is 1.04. The minimum atomic E-state index is -4.74. The number of H-pyrrole nitrogens is 1. The van der Waals surface area contributed by atoms with Crippen LogP contribution < -0.4 is 15.8 Å². The predicted octanol–water partition coefficient (Wildman–Crippen LogP) is 4.10. The largest absolute Gasteiger partial charge is 0.573 e. The van der Waals surface area contributed by atoms with Crippen molar-refractivity contribution in [3.63, 3.8) is 0 Å². The number of nitrogens with one attached hydrogen (secondary N) is 2. The first-order chi connectivity index (χ1) is 19.9. The standard InChI is InChI=1S/C29H36F3N7O3/c1-15(2)28(11-16(12-28)3-6-23-37-20-5-4-18(10-21(20)38-23)42-29(30,31)32)36-13-17-9-22(25(41)24(17)40)39-8-7-19-26(33)34-14-35-27(19)39/h4-5,7-8,10,14-17,22,24-25,36,40-41H,3,6,9,11-13H2,1-2H3,(H,37,38)(H2,33,34,35)/t16-,17-,22-,24-,25+,28-/m1/s1. The molecule has 3 heterocycles. The van der Waals surface area contributed by atoms with Gasteiger partial charge < -0.3 is 35.6 Å². The highest BCUT2D eigenvalue weighted by molar-refractivity contribution is 5.86. The lowest BCUT2D eigenvalue weighted by atomic mass is 9.61. The molecule has 42 heavy (non-hydrogen) atoms. The molecule has 226 valence electrons. The van der Waals surface area contributed by atoms with E-state index in [0.29, 0.717) is 53.7 Å². The highest BCUT2D eigenvalue weighted by atomic mass is 19.4. The van der Waals surface area contributed by atoms with Crippen molar-refractivity contribution < 1.29 is 28.1 Å². The zero-order chi connectivity index (χ0) is 29.8. The lowest BCUT2D eigenvalue weighted by molar-refractivity contribution is -0.274. The molecule has 2 aliphatic carbocycles. The third kappa shape index (κ3) is 5.40. The molecule has 2 aliphatic rings. The number of benzene rings is 1. The minimum Gasteiger partial charge on any atom is -0.406 e. The zero-order valence-corrected chi connectivity index (χ0v) is 23.5. The summed E-state index contributed by atoms with van der Waals surface area (Å²) in [6.07, 6.45) is 0.857. The summed E-state index contributed by atoms with van der Waals surface area (Å²) in [6, 6.07) is 5.64. The van der Waals surface area contributed by atoms with Crippen LogP contribution in [-0.2, 0) is 6.42 Å². The van der Waals surface area contributed by atoms with Crippen molar-refractivity contribution in [2.45, 2.75) is 76.1 Å². The second-order valence-corrected chi connectivity index (χ2v) is 12.2. The number of nitrogens with two attached hydrogens (primary N) is 1. The molecule has 0 saturated heterocycles. The summed E-state index contributed by atoms with van der Waals surface area (Å²) in [5.74, 6) is 1.56. The Morgan fingerprint density at radius 2 is 1.98 bits per heavy atom. The number of nitrogens with zero attached hydrogens (tertiary/aromatic N) is 4. The summed E-state index contributed by atoms with van der Waals surface area (Å²) in [5.41, 5.74) is 7.68. The molecule has 0 amide bonds. The van der Waals surface area contributed by atoms with E-state index in [1.807, 2.05) is 16.8 Å². The number of hydrogen-bond acceptors (Lipinski definition) is 8. The quantitative estimate of drug-likeness (QED) is 0.197. The molecule has 0 aliphatic heterocycles. The Morgan fingerprint density at radius 3 is 2.71 bits per heavy atom. The molecule has 10 nitrogen and oxygen atoms in total. The van der Waals surface area contributed by atoms with Crippen molar-refractivity contribution >= 4 is 27.9 Å². The van der Waals surface area contributed by atoms with Gasteiger partial charge in [0.2, 0.25) is 0 Å². The molecule has 0 unspecified atom stereocenters. The van der Waals surface area contributed by atoms with Gasteiger partial charge in [-0.05, 0) is 55.7 Å². The molecule has 0 bridgehead atoms. The summed E-state index contributed by atoms with van der Waals surface area (Å²) >= 11 is 0. The molecule has 1 aromatic carbocycles. The maximum Gasteiger partial charge on any atom is 0.573 e. The van der Waals surface area contributed by atoms with Crippen LogP contribution in [0.15, 0.2) is 36.8 Å². The minimum absolute atomic E-state index is 0.0625. The summed E-state index contributed by atoms with van der Waals surface area (Å²) in [5, 5.41) is 26.4. The monoisotopic (exact) mass is 587 g/mol. The van der Waals surface area contributed by atoms with Crippen LogP contribution in [0, 0.1) is 17.8 Å². The van der Waals surface area contributed by atoms with Gasteiger partial charge >= 0.3 is 6.36 Å². The number of halogens is 3. The first kappa shape index (κ1) is 28.7. The van der Waals surface area contributed by atoms with E-state index in [4.69, 9.17) is 5.73 Å². The normalized spacial score (nSPS) is 28.1. The zero-order valence-electron chi connectivity index (χ0n) is 23.5. The van der Waals surface area contributed by atoms with Crippen molar-refractivity contribution in [3.8, 4) is 5.75 Å². The molecule has 4 atom stereocenters. The van der Waals surface area contributed by atoms with Gasteiger partial charge in [0.05, 0.1) is 28.6 Å². The molecule has 2 saturated carbocycles. The maximum atomic E-state index is 12.6. The molecule has 0 radical (unpaired) electrons. The number of ether oxygens (including phenoxy) is 1. The van der Waals surface area contributed by atoms with E-state index in [2.05, 4.69) is 43.8 Å². The first-order valence-electron chi connectivity index (χ1n) is 14.3. The van der Waals surface area contributed by atoms with Crippen LogP contribution in [0.1, 0.15) is 51.4 Å². The van der Waals surface area contributed by atoms with E-state index in [0.717, 1.165) is 30.5 Å². The lowest BCUT2D eigenvalue weighted by Crippen LogP contribution is -2.60. The number of nitrogen functional groups attached to an aromatic ring is 1. The number of hydrogen-bond donors (Lipinski definition) is 5. The van der Waals surface area contributed by atoms with Crippen molar-refractivity contribution in [1.29, 1.82) is 0 Å². The van der Waals surface area contributed by atoms with E-state index in [1.54, 1.807) is 6.07 Å². The third-order valence-corrected chi connectivity index (χ3v) is 9.32. The number of aliphatic hydroxyl groups is 2. The second-order valence-electron chi connectivity index (χ2n) is 12.2. The smallest absolute Gasteiger partial charge is 0.406 e. The molecule has 0 spiro atoms. The summed E-state index contributed by atoms with van der Waals surface area (Å²) in [4.78, 5) is 16.1. The fraction of sp³-hybridized carbons (Fsp3) is 0.552.